The molecule has 16 heteroatoms. The van der Waals surface area contributed by atoms with E-state index in [9.17, 15) is 24.2 Å². The van der Waals surface area contributed by atoms with Crippen molar-refractivity contribution in [1.82, 2.24) is 19.5 Å². The van der Waals surface area contributed by atoms with Crippen molar-refractivity contribution in [1.29, 1.82) is 0 Å². The molecule has 1 spiro atoms. The molecule has 2 aromatic rings. The Kier molecular flexibility index (Phi) is 6.46. The van der Waals surface area contributed by atoms with Gasteiger partial charge < -0.3 is 43.6 Å². The third-order valence-corrected chi connectivity index (χ3v) is 9.65. The fourth-order valence-corrected chi connectivity index (χ4v) is 6.95. The molecule has 2 aliphatic rings. The Hall–Kier alpha value is -1.47. The zero-order valence-corrected chi connectivity index (χ0v) is 20.9. The second kappa shape index (κ2) is 8.58. The lowest BCUT2D eigenvalue weighted by atomic mass is 10.1. The van der Waals surface area contributed by atoms with E-state index in [1.54, 1.807) is 11.5 Å². The average molecular weight is 521 g/mol. The van der Waals surface area contributed by atoms with Crippen molar-refractivity contribution in [3.05, 3.63) is 12.2 Å². The fourth-order valence-electron chi connectivity index (χ4n) is 4.17. The minimum Gasteiger partial charge on any atom is -0.388 e. The van der Waals surface area contributed by atoms with Gasteiger partial charge in [0.2, 0.25) is 0 Å². The number of aliphatic hydroxyl groups is 2. The number of hydrogen-bond acceptors (Lipinski definition) is 10. The number of anilines is 1. The minimum atomic E-state index is -4.80. The van der Waals surface area contributed by atoms with Crippen molar-refractivity contribution < 1.29 is 43.3 Å². The van der Waals surface area contributed by atoms with Crippen LogP contribution in [0.5, 0.6) is 0 Å². The predicted octanol–water partition coefficient (Wildman–Crippen LogP) is -0.0518. The molecule has 0 bridgehead atoms. The second-order valence-electron chi connectivity index (χ2n) is 9.16. The number of aromatic nitrogens is 4. The van der Waals surface area contributed by atoms with Crippen molar-refractivity contribution in [3.8, 4) is 0 Å². The molecule has 4 unspecified atom stereocenters. The molecule has 1 saturated heterocycles. The SMILES string of the molecule is Cc1nc(N(C)C(C)C)c2ncn(CC3OC4(CC4OP(=O)(O)CP(=O)(O)O)[C@@H](O)[C@H]3O)c2n1. The molecule has 34 heavy (non-hydrogen) atoms. The van der Waals surface area contributed by atoms with Gasteiger partial charge in [-0.3, -0.25) is 9.13 Å². The van der Waals surface area contributed by atoms with Crippen LogP contribution >= 0.6 is 15.2 Å². The van der Waals surface area contributed by atoms with Gasteiger partial charge in [0.05, 0.1) is 12.9 Å². The summed E-state index contributed by atoms with van der Waals surface area (Å²) >= 11 is 0. The Morgan fingerprint density at radius 3 is 2.59 bits per heavy atom. The first kappa shape index (κ1) is 25.6. The maximum Gasteiger partial charge on any atom is 0.340 e. The number of aliphatic hydroxyl groups excluding tert-OH is 2. The molecule has 1 saturated carbocycles. The highest BCUT2D eigenvalue weighted by Crippen LogP contribution is 2.62. The van der Waals surface area contributed by atoms with Crippen LogP contribution in [0, 0.1) is 6.92 Å². The average Bonchev–Trinajstić information content (AvgIpc) is 3.11. The number of hydrogen-bond donors (Lipinski definition) is 5. The molecular weight excluding hydrogens is 492 g/mol. The summed E-state index contributed by atoms with van der Waals surface area (Å²) in [5.41, 5.74) is -0.357. The first-order chi connectivity index (χ1) is 15.6. The van der Waals surface area contributed by atoms with E-state index in [-0.39, 0.29) is 19.0 Å². The lowest BCUT2D eigenvalue weighted by molar-refractivity contribution is -0.0379. The van der Waals surface area contributed by atoms with E-state index >= 15 is 0 Å². The molecule has 0 aromatic carbocycles. The van der Waals surface area contributed by atoms with E-state index in [2.05, 4.69) is 15.0 Å². The van der Waals surface area contributed by atoms with Gasteiger partial charge in [-0.05, 0) is 20.8 Å². The Morgan fingerprint density at radius 1 is 1.29 bits per heavy atom. The standard InChI is InChI=1S/C18H29N5O9P2/c1-9(2)22(4)16-13-17(21-10(3)20-16)23(7-19-13)6-11-14(24)15(25)18(31-11)5-12(18)32-34(29,30)8-33(26,27)28/h7,9,11-12,14-15,24-25H,5-6,8H2,1-4H3,(H,29,30)(H2,26,27,28)/t11?,12?,14-,15-,18?/m0/s1. The number of imidazole rings is 1. The minimum absolute atomic E-state index is 0.0112. The summed E-state index contributed by atoms with van der Waals surface area (Å²) in [6.07, 6.45) is -3.25. The van der Waals surface area contributed by atoms with Crippen LogP contribution in [-0.4, -0.2) is 93.4 Å². The summed E-state index contributed by atoms with van der Waals surface area (Å²) < 4.78 is 35.7. The molecule has 14 nitrogen and oxygen atoms in total. The van der Waals surface area contributed by atoms with Gasteiger partial charge in [0.15, 0.2) is 22.9 Å². The highest BCUT2D eigenvalue weighted by Gasteiger charge is 2.70. The monoisotopic (exact) mass is 521 g/mol. The van der Waals surface area contributed by atoms with Gasteiger partial charge in [-0.15, -0.1) is 0 Å². The van der Waals surface area contributed by atoms with Gasteiger partial charge in [-0.2, -0.15) is 0 Å². The molecule has 2 fully saturated rings. The van der Waals surface area contributed by atoms with Gasteiger partial charge >= 0.3 is 15.2 Å². The molecule has 1 aliphatic heterocycles. The molecule has 3 heterocycles. The number of fused-ring (bicyclic) bond motifs is 1. The second-order valence-corrected chi connectivity index (χ2v) is 13.1. The van der Waals surface area contributed by atoms with Crippen molar-refractivity contribution in [3.63, 3.8) is 0 Å². The van der Waals surface area contributed by atoms with Gasteiger partial charge in [0, 0.05) is 19.5 Å². The first-order valence-corrected chi connectivity index (χ1v) is 14.2. The fraction of sp³-hybridized carbons (Fsp3) is 0.722. The lowest BCUT2D eigenvalue weighted by Gasteiger charge is -2.23. The number of nitrogens with zero attached hydrogens (tertiary/aromatic N) is 5. The van der Waals surface area contributed by atoms with Gasteiger partial charge in [-0.1, -0.05) is 0 Å². The van der Waals surface area contributed by atoms with Crippen LogP contribution < -0.4 is 4.90 Å². The highest BCUT2D eigenvalue weighted by molar-refractivity contribution is 7.70. The van der Waals surface area contributed by atoms with Gasteiger partial charge in [-0.25, -0.2) is 15.0 Å². The Bertz CT molecular complexity index is 1190. The summed E-state index contributed by atoms with van der Waals surface area (Å²) in [5, 5.41) is 21.2. The molecular formula is C18H29N5O9P2. The maximum absolute atomic E-state index is 12.1. The van der Waals surface area contributed by atoms with Crippen LogP contribution in [0.25, 0.3) is 11.2 Å². The summed E-state index contributed by atoms with van der Waals surface area (Å²) in [4.78, 5) is 43.1. The van der Waals surface area contributed by atoms with Crippen LogP contribution in [-0.2, 0) is 24.9 Å². The Labute approximate surface area is 195 Å². The number of rotatable bonds is 8. The predicted molar refractivity (Wildman–Crippen MR) is 119 cm³/mol. The van der Waals surface area contributed by atoms with Crippen LogP contribution in [0.4, 0.5) is 5.82 Å². The van der Waals surface area contributed by atoms with Gasteiger partial charge in [0.25, 0.3) is 0 Å². The van der Waals surface area contributed by atoms with Crippen molar-refractivity contribution >= 4 is 32.2 Å². The van der Waals surface area contributed by atoms with E-state index in [1.165, 1.54) is 6.33 Å². The zero-order chi connectivity index (χ0) is 25.2. The third kappa shape index (κ3) is 4.79. The lowest BCUT2D eigenvalue weighted by Crippen LogP contribution is -2.36. The van der Waals surface area contributed by atoms with Crippen molar-refractivity contribution in [2.75, 3.05) is 17.9 Å². The van der Waals surface area contributed by atoms with E-state index in [1.807, 2.05) is 25.8 Å². The summed E-state index contributed by atoms with van der Waals surface area (Å²) in [5.74, 6) is -0.164. The summed E-state index contributed by atoms with van der Waals surface area (Å²) in [6.45, 7) is 5.86. The van der Waals surface area contributed by atoms with E-state index in [4.69, 9.17) is 19.0 Å². The molecule has 6 atom stereocenters. The molecule has 5 N–H and O–H groups in total. The number of ether oxygens (including phenoxy) is 1. The zero-order valence-electron chi connectivity index (χ0n) is 19.1. The van der Waals surface area contributed by atoms with Crippen LogP contribution in [0.15, 0.2) is 6.33 Å². The van der Waals surface area contributed by atoms with Crippen LogP contribution in [0.2, 0.25) is 0 Å². The first-order valence-electron chi connectivity index (χ1n) is 10.6. The molecule has 4 rings (SSSR count). The smallest absolute Gasteiger partial charge is 0.340 e. The molecule has 1 aliphatic carbocycles. The van der Waals surface area contributed by atoms with Gasteiger partial charge in [0.1, 0.15) is 35.8 Å². The quantitative estimate of drug-likeness (QED) is 0.290. The normalized spacial score (nSPS) is 30.9. The van der Waals surface area contributed by atoms with E-state index < -0.39 is 51.1 Å². The molecule has 0 radical (unpaired) electrons. The van der Waals surface area contributed by atoms with Crippen molar-refractivity contribution in [2.45, 2.75) is 69.8 Å². The Balaban J connectivity index is 1.53. The Morgan fingerprint density at radius 2 is 1.97 bits per heavy atom. The maximum atomic E-state index is 12.1. The van der Waals surface area contributed by atoms with Crippen molar-refractivity contribution in [2.24, 2.45) is 0 Å². The van der Waals surface area contributed by atoms with Crippen LogP contribution in [0.3, 0.4) is 0 Å². The molecule has 2 aromatic heterocycles. The largest absolute Gasteiger partial charge is 0.388 e. The summed E-state index contributed by atoms with van der Waals surface area (Å²) in [6, 6.07) is 0.164. The van der Waals surface area contributed by atoms with E-state index in [0.29, 0.717) is 22.8 Å². The highest BCUT2D eigenvalue weighted by atomic mass is 31.2. The third-order valence-electron chi connectivity index (χ3n) is 6.16. The van der Waals surface area contributed by atoms with Crippen LogP contribution in [0.1, 0.15) is 26.1 Å². The molecule has 0 amide bonds. The number of aryl methyl sites for hydroxylation is 1. The molecule has 190 valence electrons. The topological polar surface area (TPSA) is 201 Å². The van der Waals surface area contributed by atoms with E-state index in [0.717, 1.165) is 0 Å². The summed E-state index contributed by atoms with van der Waals surface area (Å²) in [7, 11) is -7.54.